The first-order valence-electron chi connectivity index (χ1n) is 18.1. The van der Waals surface area contributed by atoms with Crippen molar-refractivity contribution in [1.82, 2.24) is 30.0 Å². The van der Waals surface area contributed by atoms with Crippen LogP contribution < -0.4 is 14.4 Å². The Morgan fingerprint density at radius 3 is 2.67 bits per heavy atom. The number of piperidine rings is 1. The van der Waals surface area contributed by atoms with Gasteiger partial charge in [-0.1, -0.05) is 18.0 Å². The first-order chi connectivity index (χ1) is 25.0. The van der Waals surface area contributed by atoms with Crippen LogP contribution in [-0.4, -0.2) is 119 Å². The van der Waals surface area contributed by atoms with E-state index in [4.69, 9.17) is 50.2 Å². The van der Waals surface area contributed by atoms with Gasteiger partial charge in [-0.3, -0.25) is 10.00 Å². The molecule has 4 aromatic rings. The molecule has 13 nitrogen and oxygen atoms in total. The molecular formula is C37H47ClFN7O6. The standard InChI is InChI=1S/C37H47ClFN7O6/c1-21-14-24-23(17-40-44-24)26(28(21)38)30-29(39)31-27(33(41-30)48-3)32(45-12-13-51-19-35(2,47)18-45)43-34(42-31)52-20-36-9-6-8-25(36)46(11-7-10-36)22-15-37(16-22,49-4)50-5/h14,17,22,25,47H,6-13,15-16,18-20H2,1-5H3,(H,40,44). The third-order valence-electron chi connectivity index (χ3n) is 11.9. The normalized spacial score (nSPS) is 26.8. The number of nitrogens with zero attached hydrogens (tertiary/aromatic N) is 6. The van der Waals surface area contributed by atoms with Gasteiger partial charge in [0.2, 0.25) is 5.88 Å². The van der Waals surface area contributed by atoms with Gasteiger partial charge in [0, 0.05) is 62.1 Å². The van der Waals surface area contributed by atoms with E-state index in [0.717, 1.165) is 57.1 Å². The fourth-order valence-electron chi connectivity index (χ4n) is 9.22. The maximum Gasteiger partial charge on any atom is 0.319 e. The Morgan fingerprint density at radius 1 is 1.12 bits per heavy atom. The highest BCUT2D eigenvalue weighted by molar-refractivity contribution is 6.35. The molecule has 3 atom stereocenters. The van der Waals surface area contributed by atoms with Crippen LogP contribution in [0.1, 0.15) is 57.4 Å². The number of anilines is 1. The van der Waals surface area contributed by atoms with Gasteiger partial charge < -0.3 is 33.7 Å². The number of hydrogen-bond acceptors (Lipinski definition) is 12. The first kappa shape index (κ1) is 35.6. The van der Waals surface area contributed by atoms with Crippen molar-refractivity contribution < 1.29 is 33.2 Å². The molecule has 3 aromatic heterocycles. The number of benzene rings is 1. The van der Waals surface area contributed by atoms with E-state index in [1.54, 1.807) is 27.3 Å². The summed E-state index contributed by atoms with van der Waals surface area (Å²) in [5, 5.41) is 19.5. The van der Waals surface area contributed by atoms with E-state index >= 15 is 4.39 Å². The lowest BCUT2D eigenvalue weighted by atomic mass is 9.72. The zero-order valence-electron chi connectivity index (χ0n) is 30.4. The second kappa shape index (κ2) is 13.5. The van der Waals surface area contributed by atoms with Gasteiger partial charge in [-0.15, -0.1) is 0 Å². The topological polar surface area (TPSA) is 140 Å². The SMILES string of the molecule is COc1nc(-c2c(Cl)c(C)cc3[nH]ncc23)c(F)c2nc(OCC34CCCC3N(C3CC(OC)(OC)C3)CCC4)nc(N3CCOCC(C)(O)C3)c12. The number of aliphatic hydroxyl groups is 1. The third kappa shape index (κ3) is 5.95. The predicted octanol–water partition coefficient (Wildman–Crippen LogP) is 5.43. The number of likely N-dealkylation sites (tertiary alicyclic amines) is 1. The number of methoxy groups -OCH3 is 3. The van der Waals surface area contributed by atoms with Gasteiger partial charge in [0.05, 0.1) is 50.2 Å². The molecule has 1 aromatic carbocycles. The number of fused-ring (bicyclic) bond motifs is 3. The summed E-state index contributed by atoms with van der Waals surface area (Å²) in [5.74, 6) is -0.737. The van der Waals surface area contributed by atoms with Crippen molar-refractivity contribution in [3.63, 3.8) is 0 Å². The van der Waals surface area contributed by atoms with Crippen molar-refractivity contribution in [3.05, 3.63) is 28.7 Å². The number of aromatic amines is 1. The lowest BCUT2D eigenvalue weighted by Crippen LogP contribution is -2.63. The molecular weight excluding hydrogens is 693 g/mol. The van der Waals surface area contributed by atoms with E-state index in [-0.39, 0.29) is 47.1 Å². The number of hydrogen-bond donors (Lipinski definition) is 2. The molecule has 2 saturated carbocycles. The summed E-state index contributed by atoms with van der Waals surface area (Å²) in [6, 6.07) is 2.63. The lowest BCUT2D eigenvalue weighted by Gasteiger charge is -2.56. The minimum atomic E-state index is -1.19. The molecule has 0 radical (unpaired) electrons. The van der Waals surface area contributed by atoms with E-state index < -0.39 is 17.2 Å². The van der Waals surface area contributed by atoms with Crippen LogP contribution in [-0.2, 0) is 14.2 Å². The number of H-pyrrole nitrogens is 1. The van der Waals surface area contributed by atoms with E-state index in [0.29, 0.717) is 59.1 Å². The summed E-state index contributed by atoms with van der Waals surface area (Å²) >= 11 is 6.87. The van der Waals surface area contributed by atoms with Crippen LogP contribution in [0.3, 0.4) is 0 Å². The van der Waals surface area contributed by atoms with Crippen LogP contribution in [0.25, 0.3) is 33.1 Å². The molecule has 8 rings (SSSR count). The van der Waals surface area contributed by atoms with E-state index in [9.17, 15) is 5.11 Å². The van der Waals surface area contributed by atoms with Gasteiger partial charge in [0.15, 0.2) is 11.6 Å². The summed E-state index contributed by atoms with van der Waals surface area (Å²) in [7, 11) is 4.91. The van der Waals surface area contributed by atoms with Crippen LogP contribution in [0.15, 0.2) is 12.3 Å². The van der Waals surface area contributed by atoms with Gasteiger partial charge in [-0.25, -0.2) is 9.37 Å². The molecule has 0 amide bonds. The molecule has 2 saturated heterocycles. The number of rotatable bonds is 9. The van der Waals surface area contributed by atoms with Gasteiger partial charge in [-0.2, -0.15) is 15.1 Å². The number of halogens is 2. The second-order valence-corrected chi connectivity index (χ2v) is 15.7. The highest BCUT2D eigenvalue weighted by Gasteiger charge is 2.55. The molecule has 0 bridgehead atoms. The highest BCUT2D eigenvalue weighted by Crippen LogP contribution is 2.52. The van der Waals surface area contributed by atoms with E-state index in [2.05, 4.69) is 15.1 Å². The Morgan fingerprint density at radius 2 is 1.90 bits per heavy atom. The maximum absolute atomic E-state index is 17.2. The first-order valence-corrected chi connectivity index (χ1v) is 18.5. The van der Waals surface area contributed by atoms with Crippen molar-refractivity contribution in [3.8, 4) is 23.1 Å². The number of aryl methyl sites for hydroxylation is 1. The molecule has 15 heteroatoms. The Hall–Kier alpha value is -3.40. The molecule has 4 fully saturated rings. The molecule has 4 aliphatic rings. The number of β-amino-alcohol motifs (C(OH)–C–C–N with tert-alkyl or cyclic N) is 1. The van der Waals surface area contributed by atoms with E-state index in [1.807, 2.05) is 17.9 Å². The summed E-state index contributed by atoms with van der Waals surface area (Å²) in [6.45, 7) is 6.02. The zero-order valence-corrected chi connectivity index (χ0v) is 31.2. The van der Waals surface area contributed by atoms with Gasteiger partial charge in [0.1, 0.15) is 28.0 Å². The van der Waals surface area contributed by atoms with Crippen LogP contribution in [0.4, 0.5) is 10.2 Å². The molecule has 3 unspecified atom stereocenters. The van der Waals surface area contributed by atoms with Crippen LogP contribution >= 0.6 is 11.6 Å². The van der Waals surface area contributed by atoms with Crippen molar-refractivity contribution in [2.24, 2.45) is 5.41 Å². The lowest BCUT2D eigenvalue weighted by molar-refractivity contribution is -0.277. The largest absolute Gasteiger partial charge is 0.480 e. The Bertz CT molecular complexity index is 1980. The third-order valence-corrected chi connectivity index (χ3v) is 12.4. The summed E-state index contributed by atoms with van der Waals surface area (Å²) in [5.41, 5.74) is 0.480. The summed E-state index contributed by atoms with van der Waals surface area (Å²) in [4.78, 5) is 18.9. The van der Waals surface area contributed by atoms with Crippen molar-refractivity contribution in [2.75, 3.05) is 65.7 Å². The molecule has 52 heavy (non-hydrogen) atoms. The van der Waals surface area contributed by atoms with Crippen molar-refractivity contribution in [1.29, 1.82) is 0 Å². The van der Waals surface area contributed by atoms with Gasteiger partial charge in [0.25, 0.3) is 0 Å². The quantitative estimate of drug-likeness (QED) is 0.212. The van der Waals surface area contributed by atoms with E-state index in [1.165, 1.54) is 7.11 Å². The highest BCUT2D eigenvalue weighted by atomic mass is 35.5. The van der Waals surface area contributed by atoms with Gasteiger partial charge in [-0.05, 0) is 57.7 Å². The van der Waals surface area contributed by atoms with Crippen LogP contribution in [0.5, 0.6) is 11.9 Å². The fraction of sp³-hybridized carbons (Fsp3) is 0.622. The Labute approximate surface area is 307 Å². The molecule has 2 N–H and O–H groups in total. The Kier molecular flexibility index (Phi) is 9.23. The minimum absolute atomic E-state index is 0.0171. The molecule has 5 heterocycles. The monoisotopic (exact) mass is 739 g/mol. The molecule has 2 aliphatic heterocycles. The molecule has 280 valence electrons. The minimum Gasteiger partial charge on any atom is -0.480 e. The number of ether oxygens (including phenoxy) is 5. The number of aromatic nitrogens is 5. The number of nitrogens with one attached hydrogen (secondary N) is 1. The maximum atomic E-state index is 17.2. The number of pyridine rings is 1. The fourth-order valence-corrected chi connectivity index (χ4v) is 9.47. The predicted molar refractivity (Wildman–Crippen MR) is 194 cm³/mol. The second-order valence-electron chi connectivity index (χ2n) is 15.3. The zero-order chi connectivity index (χ0) is 36.4. The summed E-state index contributed by atoms with van der Waals surface area (Å²) in [6.07, 6.45) is 8.56. The average Bonchev–Trinajstić information content (AvgIpc) is 3.72. The smallest absolute Gasteiger partial charge is 0.319 e. The van der Waals surface area contributed by atoms with Crippen molar-refractivity contribution in [2.45, 2.75) is 82.3 Å². The molecule has 0 spiro atoms. The van der Waals surface area contributed by atoms with Gasteiger partial charge >= 0.3 is 6.01 Å². The van der Waals surface area contributed by atoms with Crippen LogP contribution in [0.2, 0.25) is 5.02 Å². The van der Waals surface area contributed by atoms with Crippen LogP contribution in [0, 0.1) is 18.2 Å². The average molecular weight is 740 g/mol. The Balaban J connectivity index is 1.21. The molecule has 2 aliphatic carbocycles. The summed E-state index contributed by atoms with van der Waals surface area (Å²) < 4.78 is 46.9. The van der Waals surface area contributed by atoms with Crippen molar-refractivity contribution >= 4 is 39.2 Å².